The number of rotatable bonds is 5. The number of anilines is 1. The molecular formula is C21H24N4O8. The van der Waals surface area contributed by atoms with Crippen LogP contribution in [0.25, 0.3) is 10.8 Å². The van der Waals surface area contributed by atoms with Crippen LogP contribution in [-0.4, -0.2) is 80.1 Å². The van der Waals surface area contributed by atoms with E-state index >= 15 is 0 Å². The summed E-state index contributed by atoms with van der Waals surface area (Å²) in [6.07, 6.45) is 1.02. The Balaban J connectivity index is 1.73. The minimum atomic E-state index is -1.21. The Bertz CT molecular complexity index is 1110. The van der Waals surface area contributed by atoms with E-state index in [2.05, 4.69) is 10.2 Å². The summed E-state index contributed by atoms with van der Waals surface area (Å²) < 4.78 is 26.3. The molecule has 1 aromatic heterocycles. The monoisotopic (exact) mass is 460 g/mol. The van der Waals surface area contributed by atoms with Gasteiger partial charge in [-0.3, -0.25) is 0 Å². The normalized spacial score (nSPS) is 16.1. The molecule has 0 N–H and O–H groups in total. The third-order valence-corrected chi connectivity index (χ3v) is 5.73. The number of hydrogen-bond acceptors (Lipinski definition) is 11. The lowest BCUT2D eigenvalue weighted by atomic mass is 10.0. The number of esters is 2. The highest BCUT2D eigenvalue weighted by atomic mass is 16.6. The second-order valence-electron chi connectivity index (χ2n) is 7.50. The van der Waals surface area contributed by atoms with E-state index in [1.54, 1.807) is 24.9 Å². The summed E-state index contributed by atoms with van der Waals surface area (Å²) in [6.45, 7) is 3.26. The highest BCUT2D eigenvalue weighted by molar-refractivity contribution is 6.32. The van der Waals surface area contributed by atoms with Crippen LogP contribution in [0.1, 0.15) is 19.8 Å². The van der Waals surface area contributed by atoms with Crippen molar-refractivity contribution >= 4 is 34.6 Å². The van der Waals surface area contributed by atoms with E-state index < -0.39 is 11.9 Å². The van der Waals surface area contributed by atoms with Gasteiger partial charge < -0.3 is 33.5 Å². The summed E-state index contributed by atoms with van der Waals surface area (Å²) in [5.74, 6) is -1.67. The third-order valence-electron chi connectivity index (χ3n) is 5.73. The van der Waals surface area contributed by atoms with Crippen LogP contribution in [0.2, 0.25) is 0 Å². The van der Waals surface area contributed by atoms with Gasteiger partial charge >= 0.3 is 18.0 Å². The molecule has 1 fully saturated rings. The molecule has 0 radical (unpaired) electrons. The molecule has 0 spiro atoms. The van der Waals surface area contributed by atoms with E-state index in [-0.39, 0.29) is 34.9 Å². The first-order chi connectivity index (χ1) is 15.9. The van der Waals surface area contributed by atoms with Crippen LogP contribution in [0.15, 0.2) is 6.07 Å². The van der Waals surface area contributed by atoms with Gasteiger partial charge in [0.1, 0.15) is 0 Å². The number of benzene rings is 1. The smallest absolute Gasteiger partial charge is 0.424 e. The number of aromatic nitrogens is 2. The number of methoxy groups -OCH3 is 2. The van der Waals surface area contributed by atoms with Gasteiger partial charge in [-0.05, 0) is 25.8 Å². The maximum absolute atomic E-state index is 12.1. The highest BCUT2D eigenvalue weighted by Crippen LogP contribution is 2.49. The number of amides is 1. The average molecular weight is 460 g/mol. The van der Waals surface area contributed by atoms with Crippen LogP contribution in [0.3, 0.4) is 0 Å². The Labute approximate surface area is 189 Å². The van der Waals surface area contributed by atoms with Crippen LogP contribution >= 0.6 is 0 Å². The van der Waals surface area contributed by atoms with Crippen molar-refractivity contribution < 1.29 is 38.1 Å². The quantitative estimate of drug-likeness (QED) is 0.366. The summed E-state index contributed by atoms with van der Waals surface area (Å²) in [6, 6.07) is 1.70. The first-order valence-electron chi connectivity index (χ1n) is 10.4. The first kappa shape index (κ1) is 22.4. The van der Waals surface area contributed by atoms with E-state index in [1.807, 2.05) is 4.90 Å². The second-order valence-corrected chi connectivity index (χ2v) is 7.50. The fraction of sp³-hybridized carbons (Fsp3) is 0.476. The SMILES string of the molecule is CCOC(=O)N(C)C1CCN(c2nnc3c4c(c(OC)c(OC)cc24)OC(=O)C(=O)O3)CC1. The molecule has 1 amide bonds. The molecule has 2 aliphatic rings. The fourth-order valence-electron chi connectivity index (χ4n) is 4.05. The third kappa shape index (κ3) is 3.92. The molecule has 0 unspecified atom stereocenters. The van der Waals surface area contributed by atoms with E-state index in [4.69, 9.17) is 23.7 Å². The zero-order valence-corrected chi connectivity index (χ0v) is 18.7. The molecule has 12 heteroatoms. The van der Waals surface area contributed by atoms with Crippen LogP contribution in [0.4, 0.5) is 10.6 Å². The Hall–Kier alpha value is -3.83. The van der Waals surface area contributed by atoms with Gasteiger partial charge in [0.05, 0.1) is 26.2 Å². The topological polar surface area (TPSA) is 130 Å². The maximum Gasteiger partial charge on any atom is 0.424 e. The second kappa shape index (κ2) is 8.96. The molecule has 33 heavy (non-hydrogen) atoms. The Morgan fingerprint density at radius 2 is 1.85 bits per heavy atom. The van der Waals surface area contributed by atoms with Gasteiger partial charge in [-0.15, -0.1) is 10.2 Å². The lowest BCUT2D eigenvalue weighted by Crippen LogP contribution is -2.46. The zero-order valence-electron chi connectivity index (χ0n) is 18.7. The molecule has 2 aliphatic heterocycles. The molecule has 2 aromatic rings. The van der Waals surface area contributed by atoms with Gasteiger partial charge in [-0.1, -0.05) is 0 Å². The Morgan fingerprint density at radius 1 is 1.15 bits per heavy atom. The van der Waals surface area contributed by atoms with E-state index in [1.165, 1.54) is 14.2 Å². The fourth-order valence-corrected chi connectivity index (χ4v) is 4.05. The molecule has 0 saturated carbocycles. The molecule has 0 aliphatic carbocycles. The van der Waals surface area contributed by atoms with E-state index in [0.29, 0.717) is 49.5 Å². The summed E-state index contributed by atoms with van der Waals surface area (Å²) in [5.41, 5.74) is 0. The first-order valence-corrected chi connectivity index (χ1v) is 10.4. The van der Waals surface area contributed by atoms with Crippen LogP contribution in [-0.2, 0) is 14.3 Å². The molecule has 3 heterocycles. The van der Waals surface area contributed by atoms with Gasteiger partial charge in [0.15, 0.2) is 17.3 Å². The van der Waals surface area contributed by atoms with Crippen molar-refractivity contribution in [2.45, 2.75) is 25.8 Å². The predicted octanol–water partition coefficient (Wildman–Crippen LogP) is 1.53. The minimum Gasteiger partial charge on any atom is -0.493 e. The Kier molecular flexibility index (Phi) is 6.07. The molecule has 0 bridgehead atoms. The van der Waals surface area contributed by atoms with Crippen molar-refractivity contribution in [3.63, 3.8) is 0 Å². The lowest BCUT2D eigenvalue weighted by Gasteiger charge is -2.37. The molecule has 4 rings (SSSR count). The summed E-state index contributed by atoms with van der Waals surface area (Å²) in [7, 11) is 4.56. The number of hydrogen-bond donors (Lipinski definition) is 0. The molecule has 1 saturated heterocycles. The van der Waals surface area contributed by atoms with Crippen LogP contribution in [0.5, 0.6) is 23.1 Å². The van der Waals surface area contributed by atoms with Crippen molar-refractivity contribution in [3.8, 4) is 23.1 Å². The predicted molar refractivity (Wildman–Crippen MR) is 114 cm³/mol. The summed E-state index contributed by atoms with van der Waals surface area (Å²) >= 11 is 0. The number of nitrogens with zero attached hydrogens (tertiary/aromatic N) is 4. The van der Waals surface area contributed by atoms with Crippen molar-refractivity contribution in [1.82, 2.24) is 15.1 Å². The van der Waals surface area contributed by atoms with Crippen LogP contribution in [0, 0.1) is 0 Å². The van der Waals surface area contributed by atoms with Crippen molar-refractivity contribution in [1.29, 1.82) is 0 Å². The summed E-state index contributed by atoms with van der Waals surface area (Å²) in [5, 5.41) is 9.12. The van der Waals surface area contributed by atoms with E-state index in [9.17, 15) is 14.4 Å². The van der Waals surface area contributed by atoms with Crippen molar-refractivity contribution in [2.75, 3.05) is 45.9 Å². The van der Waals surface area contributed by atoms with Gasteiger partial charge in [0.25, 0.3) is 5.88 Å². The number of piperidine rings is 1. The number of carbonyl (C=O) groups excluding carboxylic acids is 3. The lowest BCUT2D eigenvalue weighted by molar-refractivity contribution is -0.155. The van der Waals surface area contributed by atoms with Gasteiger partial charge in [0.2, 0.25) is 5.75 Å². The molecule has 176 valence electrons. The molecule has 12 nitrogen and oxygen atoms in total. The maximum atomic E-state index is 12.1. The van der Waals surface area contributed by atoms with E-state index in [0.717, 1.165) is 0 Å². The van der Waals surface area contributed by atoms with Crippen molar-refractivity contribution in [2.24, 2.45) is 0 Å². The Morgan fingerprint density at radius 3 is 2.48 bits per heavy atom. The number of ether oxygens (including phenoxy) is 5. The minimum absolute atomic E-state index is 0.0213. The highest BCUT2D eigenvalue weighted by Gasteiger charge is 2.35. The van der Waals surface area contributed by atoms with Crippen molar-refractivity contribution in [3.05, 3.63) is 6.07 Å². The van der Waals surface area contributed by atoms with Gasteiger partial charge in [0, 0.05) is 31.6 Å². The van der Waals surface area contributed by atoms with Gasteiger partial charge in [-0.2, -0.15) is 0 Å². The van der Waals surface area contributed by atoms with Gasteiger partial charge in [-0.25, -0.2) is 14.4 Å². The summed E-state index contributed by atoms with van der Waals surface area (Å²) in [4.78, 5) is 39.7. The molecule has 0 atom stereocenters. The van der Waals surface area contributed by atoms with Crippen LogP contribution < -0.4 is 23.8 Å². The average Bonchev–Trinajstić information content (AvgIpc) is 2.95. The molecular weight excluding hydrogens is 436 g/mol. The zero-order chi connectivity index (χ0) is 23.7. The molecule has 1 aromatic carbocycles. The number of carbonyl (C=O) groups is 3. The standard InChI is InChI=1S/C21H24N4O8/c1-5-31-21(28)24(2)11-6-8-25(9-7-11)17-12-10-13(29-3)15(30-4)16-14(12)18(23-22-17)33-20(27)19(26)32-16/h10-11H,5-9H2,1-4H3. The largest absolute Gasteiger partial charge is 0.493 e.